The maximum absolute atomic E-state index is 12.8. The van der Waals surface area contributed by atoms with Gasteiger partial charge in [-0.25, -0.2) is 0 Å². The van der Waals surface area contributed by atoms with Crippen molar-refractivity contribution in [3.8, 4) is 0 Å². The van der Waals surface area contributed by atoms with E-state index in [1.54, 1.807) is 6.92 Å². The molecule has 12 heteroatoms. The van der Waals surface area contributed by atoms with Crippen LogP contribution in [0.5, 0.6) is 0 Å². The van der Waals surface area contributed by atoms with Crippen LogP contribution in [0.3, 0.4) is 0 Å². The maximum atomic E-state index is 12.8. The van der Waals surface area contributed by atoms with Gasteiger partial charge in [0.05, 0.1) is 6.04 Å². The first-order valence-electron chi connectivity index (χ1n) is 10.4. The fraction of sp³-hybridized carbons (Fsp3) is 0.737. The predicted molar refractivity (Wildman–Crippen MR) is 113 cm³/mol. The molecule has 4 amide bonds. The molecule has 0 spiro atoms. The lowest BCUT2D eigenvalue weighted by Gasteiger charge is -2.25. The average molecular weight is 445 g/mol. The molecule has 0 heterocycles. The van der Waals surface area contributed by atoms with Gasteiger partial charge in [0.1, 0.15) is 18.6 Å². The number of aliphatic carboxylic acids is 1. The number of nitrogens with one attached hydrogen (secondary N) is 3. The Kier molecular flexibility index (Phi) is 13.8. The lowest BCUT2D eigenvalue weighted by Crippen LogP contribution is -2.56. The van der Waals surface area contributed by atoms with Gasteiger partial charge < -0.3 is 38.3 Å². The number of carboxylic acids is 1. The minimum absolute atomic E-state index is 0.0770. The molecule has 178 valence electrons. The normalized spacial score (nSPS) is 14.6. The quantitative estimate of drug-likeness (QED) is 0.131. The number of hydrogen-bond donors (Lipinski definition) is 7. The fourth-order valence-electron chi connectivity index (χ4n) is 2.66. The zero-order valence-electron chi connectivity index (χ0n) is 18.2. The lowest BCUT2D eigenvalue weighted by atomic mass is 9.98. The first kappa shape index (κ1) is 28.3. The second kappa shape index (κ2) is 15.1. The topological polar surface area (TPSA) is 220 Å². The molecular weight excluding hydrogens is 408 g/mol. The molecule has 0 aliphatic heterocycles. The van der Waals surface area contributed by atoms with Crippen molar-refractivity contribution in [3.05, 3.63) is 0 Å². The summed E-state index contributed by atoms with van der Waals surface area (Å²) in [5.74, 6) is -3.96. The van der Waals surface area contributed by atoms with Crippen LogP contribution in [-0.4, -0.2) is 65.9 Å². The number of hydrogen-bond acceptors (Lipinski definition) is 7. The third-order valence-corrected chi connectivity index (χ3v) is 4.87. The molecule has 4 atom stereocenters. The number of primary amides is 1. The van der Waals surface area contributed by atoms with E-state index in [-0.39, 0.29) is 25.2 Å². The number of carbonyl (C=O) groups is 5. The van der Waals surface area contributed by atoms with E-state index in [0.717, 1.165) is 0 Å². The largest absolute Gasteiger partial charge is 0.480 e. The minimum atomic E-state index is -1.23. The van der Waals surface area contributed by atoms with E-state index in [4.69, 9.17) is 22.3 Å². The third kappa shape index (κ3) is 11.9. The van der Waals surface area contributed by atoms with Crippen LogP contribution in [0.25, 0.3) is 0 Å². The van der Waals surface area contributed by atoms with E-state index in [1.165, 1.54) is 0 Å². The van der Waals surface area contributed by atoms with Gasteiger partial charge in [-0.15, -0.1) is 0 Å². The molecule has 0 rings (SSSR count). The Morgan fingerprint density at radius 1 is 0.935 bits per heavy atom. The molecule has 12 nitrogen and oxygen atoms in total. The van der Waals surface area contributed by atoms with Gasteiger partial charge in [-0.2, -0.15) is 0 Å². The second-order valence-corrected chi connectivity index (χ2v) is 7.43. The Morgan fingerprint density at radius 2 is 1.52 bits per heavy atom. The Labute approximate surface area is 182 Å². The monoisotopic (exact) mass is 444 g/mol. The summed E-state index contributed by atoms with van der Waals surface area (Å²) < 4.78 is 0. The standard InChI is InChI=1S/C19H36N6O6/c1-3-11(2)16(22)19(31)25-13(7-8-14(21)26)18(30)24-12(6-4-5-9-20)17(29)23-10-15(27)28/h11-13,16H,3-10,20,22H2,1-2H3,(H2,21,26)(H,23,29)(H,24,30)(H,25,31)(H,27,28). The number of unbranched alkanes of at least 4 members (excludes halogenated alkanes) is 1. The number of carbonyl (C=O) groups excluding carboxylic acids is 4. The molecule has 0 aliphatic rings. The van der Waals surface area contributed by atoms with Crippen molar-refractivity contribution in [2.45, 2.75) is 70.5 Å². The molecule has 0 fully saturated rings. The Balaban J connectivity index is 5.33. The Morgan fingerprint density at radius 3 is 2.03 bits per heavy atom. The molecule has 0 radical (unpaired) electrons. The van der Waals surface area contributed by atoms with Crippen molar-refractivity contribution in [3.63, 3.8) is 0 Å². The van der Waals surface area contributed by atoms with E-state index in [9.17, 15) is 24.0 Å². The van der Waals surface area contributed by atoms with Crippen molar-refractivity contribution in [1.82, 2.24) is 16.0 Å². The molecule has 31 heavy (non-hydrogen) atoms. The summed E-state index contributed by atoms with van der Waals surface area (Å²) in [6.07, 6.45) is 1.74. The van der Waals surface area contributed by atoms with Crippen LogP contribution < -0.4 is 33.2 Å². The van der Waals surface area contributed by atoms with E-state index in [2.05, 4.69) is 16.0 Å². The molecule has 4 unspecified atom stereocenters. The van der Waals surface area contributed by atoms with Crippen LogP contribution in [0.2, 0.25) is 0 Å². The smallest absolute Gasteiger partial charge is 0.322 e. The maximum Gasteiger partial charge on any atom is 0.322 e. The lowest BCUT2D eigenvalue weighted by molar-refractivity contribution is -0.138. The highest BCUT2D eigenvalue weighted by atomic mass is 16.4. The van der Waals surface area contributed by atoms with Gasteiger partial charge in [-0.05, 0) is 38.1 Å². The molecule has 0 bridgehead atoms. The number of nitrogens with two attached hydrogens (primary N) is 3. The van der Waals surface area contributed by atoms with Gasteiger partial charge in [-0.3, -0.25) is 24.0 Å². The molecule has 0 saturated carbocycles. The molecule has 0 aromatic heterocycles. The van der Waals surface area contributed by atoms with Crippen LogP contribution in [0.1, 0.15) is 52.4 Å². The van der Waals surface area contributed by atoms with Gasteiger partial charge in [0.2, 0.25) is 23.6 Å². The molecule has 0 saturated heterocycles. The van der Waals surface area contributed by atoms with Gasteiger partial charge >= 0.3 is 5.97 Å². The van der Waals surface area contributed by atoms with Gasteiger partial charge in [-0.1, -0.05) is 20.3 Å². The first-order valence-corrected chi connectivity index (χ1v) is 10.4. The van der Waals surface area contributed by atoms with Crippen molar-refractivity contribution < 1.29 is 29.1 Å². The highest BCUT2D eigenvalue weighted by Crippen LogP contribution is 2.08. The van der Waals surface area contributed by atoms with Gasteiger partial charge in [0, 0.05) is 6.42 Å². The van der Waals surface area contributed by atoms with Gasteiger partial charge in [0.15, 0.2) is 0 Å². The van der Waals surface area contributed by atoms with Gasteiger partial charge in [0.25, 0.3) is 0 Å². The zero-order valence-corrected chi connectivity index (χ0v) is 18.2. The first-order chi connectivity index (χ1) is 14.5. The fourth-order valence-corrected chi connectivity index (χ4v) is 2.66. The summed E-state index contributed by atoms with van der Waals surface area (Å²) in [7, 11) is 0. The summed E-state index contributed by atoms with van der Waals surface area (Å²) in [5.41, 5.74) is 16.5. The van der Waals surface area contributed by atoms with E-state index < -0.39 is 54.3 Å². The van der Waals surface area contributed by atoms with E-state index in [1.807, 2.05) is 6.92 Å². The second-order valence-electron chi connectivity index (χ2n) is 7.43. The zero-order chi connectivity index (χ0) is 24.0. The summed E-state index contributed by atoms with van der Waals surface area (Å²) >= 11 is 0. The number of rotatable bonds is 16. The third-order valence-electron chi connectivity index (χ3n) is 4.87. The molecule has 0 aromatic rings. The van der Waals surface area contributed by atoms with Crippen molar-refractivity contribution in [2.75, 3.05) is 13.1 Å². The average Bonchev–Trinajstić information content (AvgIpc) is 2.72. The van der Waals surface area contributed by atoms with Crippen LogP contribution in [-0.2, 0) is 24.0 Å². The highest BCUT2D eigenvalue weighted by molar-refractivity contribution is 5.94. The number of amides is 4. The minimum Gasteiger partial charge on any atom is -0.480 e. The summed E-state index contributed by atoms with van der Waals surface area (Å²) in [5, 5.41) is 16.0. The van der Waals surface area contributed by atoms with Crippen LogP contribution >= 0.6 is 0 Å². The summed E-state index contributed by atoms with van der Waals surface area (Å²) in [6.45, 7) is 3.45. The molecular formula is C19H36N6O6. The van der Waals surface area contributed by atoms with Crippen LogP contribution in [0.15, 0.2) is 0 Å². The Hall–Kier alpha value is -2.73. The summed E-state index contributed by atoms with van der Waals surface area (Å²) in [6, 6.07) is -3.03. The molecule has 0 aliphatic carbocycles. The van der Waals surface area contributed by atoms with Crippen LogP contribution in [0.4, 0.5) is 0 Å². The predicted octanol–water partition coefficient (Wildman–Crippen LogP) is -2.08. The van der Waals surface area contributed by atoms with Crippen LogP contribution in [0, 0.1) is 5.92 Å². The summed E-state index contributed by atoms with van der Waals surface area (Å²) in [4.78, 5) is 59.4. The highest BCUT2D eigenvalue weighted by Gasteiger charge is 2.29. The molecule has 10 N–H and O–H groups in total. The van der Waals surface area contributed by atoms with Crippen molar-refractivity contribution in [1.29, 1.82) is 0 Å². The van der Waals surface area contributed by atoms with Crippen molar-refractivity contribution >= 4 is 29.6 Å². The SMILES string of the molecule is CCC(C)C(N)C(=O)NC(CCC(N)=O)C(=O)NC(CCCCN)C(=O)NCC(=O)O. The van der Waals surface area contributed by atoms with E-state index in [0.29, 0.717) is 25.8 Å². The van der Waals surface area contributed by atoms with Crippen molar-refractivity contribution in [2.24, 2.45) is 23.1 Å². The number of carboxylic acid groups (broad SMARTS) is 1. The molecule has 0 aromatic carbocycles. The Bertz CT molecular complexity index is 629. The van der Waals surface area contributed by atoms with E-state index >= 15 is 0 Å².